The summed E-state index contributed by atoms with van der Waals surface area (Å²) in [4.78, 5) is 7.97. The number of aryl methyl sites for hydroxylation is 1. The summed E-state index contributed by atoms with van der Waals surface area (Å²) in [5.74, 6) is 2.33. The van der Waals surface area contributed by atoms with Crippen LogP contribution in [0.3, 0.4) is 0 Å². The van der Waals surface area contributed by atoms with Gasteiger partial charge in [-0.15, -0.1) is 0 Å². The Balaban J connectivity index is 2.46. The fraction of sp³-hybridized carbons (Fsp3) is 0.0909. The van der Waals surface area contributed by atoms with Crippen molar-refractivity contribution in [3.8, 4) is 0 Å². The number of halogens is 1. The summed E-state index contributed by atoms with van der Waals surface area (Å²) in [7, 11) is 0. The fourth-order valence-corrected chi connectivity index (χ4v) is 1.51. The highest BCUT2D eigenvalue weighted by Gasteiger charge is 2.16. The molecule has 3 nitrogen and oxygen atoms in total. The van der Waals surface area contributed by atoms with Crippen molar-refractivity contribution in [3.05, 3.63) is 41.2 Å². The van der Waals surface area contributed by atoms with Gasteiger partial charge in [-0.3, -0.25) is 5.41 Å². The maximum absolute atomic E-state index is 6.92. The molecule has 1 aromatic carbocycles. The largest absolute Gasteiger partial charge is 0.255 e. The van der Waals surface area contributed by atoms with Crippen molar-refractivity contribution < 1.29 is 0 Å². The Hall–Kier alpha value is -1.70. The van der Waals surface area contributed by atoms with Gasteiger partial charge in [0.2, 0.25) is 5.82 Å². The average Bonchev–Trinajstić information content (AvgIpc) is 2.61. The standard InChI is InChI=1S/C11H8ClN3/c1-7-2-4-8(5-3-7)10-11(12)15-9(6-13)14-10/h2-5,13H,1H3. The summed E-state index contributed by atoms with van der Waals surface area (Å²) in [5.41, 5.74) is 2.68. The second-order valence-corrected chi connectivity index (χ2v) is 3.54. The zero-order valence-electron chi connectivity index (χ0n) is 8.08. The van der Waals surface area contributed by atoms with Crippen molar-refractivity contribution >= 4 is 28.4 Å². The summed E-state index contributed by atoms with van der Waals surface area (Å²) in [6.07, 6.45) is 0. The van der Waals surface area contributed by atoms with E-state index in [0.717, 1.165) is 5.56 Å². The highest BCUT2D eigenvalue weighted by molar-refractivity contribution is 6.86. The third-order valence-corrected chi connectivity index (χ3v) is 2.32. The van der Waals surface area contributed by atoms with Crippen LogP contribution in [0.2, 0.25) is 0 Å². The van der Waals surface area contributed by atoms with E-state index in [1.807, 2.05) is 31.2 Å². The van der Waals surface area contributed by atoms with Gasteiger partial charge < -0.3 is 0 Å². The average molecular weight is 218 g/mol. The molecule has 0 spiro atoms. The molecule has 2 rings (SSSR count). The van der Waals surface area contributed by atoms with Gasteiger partial charge in [0, 0.05) is 11.4 Å². The monoisotopic (exact) mass is 217 g/mol. The van der Waals surface area contributed by atoms with E-state index in [4.69, 9.17) is 17.0 Å². The van der Waals surface area contributed by atoms with E-state index in [2.05, 4.69) is 15.9 Å². The lowest BCUT2D eigenvalue weighted by atomic mass is 10.1. The van der Waals surface area contributed by atoms with Gasteiger partial charge in [0.1, 0.15) is 5.71 Å². The Morgan fingerprint density at radius 1 is 1.20 bits per heavy atom. The summed E-state index contributed by atoms with van der Waals surface area (Å²) >= 11 is 5.90. The topological polar surface area (TPSA) is 48.6 Å². The third-order valence-electron chi connectivity index (χ3n) is 2.05. The smallest absolute Gasteiger partial charge is 0.217 e. The van der Waals surface area contributed by atoms with Crippen LogP contribution >= 0.6 is 11.6 Å². The van der Waals surface area contributed by atoms with Gasteiger partial charge in [-0.2, -0.15) is 0 Å². The number of nitrogens with zero attached hydrogens (tertiary/aromatic N) is 2. The number of hydrogen-bond donors (Lipinski definition) is 1. The Bertz CT molecular complexity index is 505. The summed E-state index contributed by atoms with van der Waals surface area (Å²) in [6, 6.07) is 7.82. The van der Waals surface area contributed by atoms with E-state index in [1.165, 1.54) is 5.56 Å². The second-order valence-electron chi connectivity index (χ2n) is 3.18. The van der Waals surface area contributed by atoms with Gasteiger partial charge in [0.25, 0.3) is 0 Å². The lowest BCUT2D eigenvalue weighted by molar-refractivity contribution is 1.31. The van der Waals surface area contributed by atoms with Crippen LogP contribution in [0, 0.1) is 12.3 Å². The highest BCUT2D eigenvalue weighted by atomic mass is 35.5. The minimum atomic E-state index is 0.218. The molecule has 1 aliphatic rings. The van der Waals surface area contributed by atoms with Crippen LogP contribution in [-0.4, -0.2) is 16.8 Å². The number of rotatable bonds is 1. The molecule has 15 heavy (non-hydrogen) atoms. The number of aliphatic imine (C=N–C) groups is 2. The van der Waals surface area contributed by atoms with Gasteiger partial charge >= 0.3 is 0 Å². The van der Waals surface area contributed by atoms with E-state index in [1.54, 1.807) is 0 Å². The molecule has 0 bridgehead atoms. The number of nitrogens with one attached hydrogen (secondary N) is 1. The molecule has 0 radical (unpaired) electrons. The number of benzene rings is 1. The molecule has 0 fully saturated rings. The van der Waals surface area contributed by atoms with Crippen LogP contribution in [0.25, 0.3) is 0 Å². The lowest BCUT2D eigenvalue weighted by Crippen LogP contribution is -2.05. The predicted molar refractivity (Wildman–Crippen MR) is 62.2 cm³/mol. The van der Waals surface area contributed by atoms with Gasteiger partial charge in [-0.1, -0.05) is 41.4 Å². The van der Waals surface area contributed by atoms with Crippen LogP contribution in [-0.2, 0) is 0 Å². The van der Waals surface area contributed by atoms with Crippen molar-refractivity contribution in [1.82, 2.24) is 0 Å². The maximum Gasteiger partial charge on any atom is 0.217 e. The quantitative estimate of drug-likeness (QED) is 0.703. The Labute approximate surface area is 92.3 Å². The molecular weight excluding hydrogens is 210 g/mol. The first-order chi connectivity index (χ1) is 7.20. The van der Waals surface area contributed by atoms with Gasteiger partial charge in [-0.25, -0.2) is 9.98 Å². The molecule has 0 saturated carbocycles. The molecule has 1 heterocycles. The first-order valence-corrected chi connectivity index (χ1v) is 4.78. The van der Waals surface area contributed by atoms with Crippen molar-refractivity contribution in [2.75, 3.05) is 0 Å². The Morgan fingerprint density at radius 3 is 2.40 bits per heavy atom. The summed E-state index contributed by atoms with van der Waals surface area (Å²) in [5, 5.41) is 7.23. The molecule has 0 aliphatic carbocycles. The molecule has 1 N–H and O–H groups in total. The fourth-order valence-electron chi connectivity index (χ4n) is 1.27. The van der Waals surface area contributed by atoms with E-state index in [9.17, 15) is 0 Å². The third kappa shape index (κ3) is 1.89. The van der Waals surface area contributed by atoms with E-state index < -0.39 is 0 Å². The molecule has 0 saturated heterocycles. The first kappa shape index (κ1) is 9.84. The maximum atomic E-state index is 6.92. The molecular formula is C11H8ClN3. The van der Waals surface area contributed by atoms with E-state index in [-0.39, 0.29) is 5.82 Å². The zero-order chi connectivity index (χ0) is 10.8. The molecule has 4 heteroatoms. The minimum absolute atomic E-state index is 0.218. The highest BCUT2D eigenvalue weighted by Crippen LogP contribution is 2.16. The van der Waals surface area contributed by atoms with Crippen LogP contribution in [0.1, 0.15) is 11.1 Å². The van der Waals surface area contributed by atoms with Crippen molar-refractivity contribution in [1.29, 1.82) is 5.41 Å². The molecule has 0 atom stereocenters. The normalized spacial score (nSPS) is 14.7. The van der Waals surface area contributed by atoms with Gasteiger partial charge in [0.15, 0.2) is 5.17 Å². The lowest BCUT2D eigenvalue weighted by Gasteiger charge is -1.99. The minimum Gasteiger partial charge on any atom is -0.255 e. The second kappa shape index (κ2) is 3.81. The van der Waals surface area contributed by atoms with Crippen molar-refractivity contribution in [2.24, 2.45) is 9.98 Å². The van der Waals surface area contributed by atoms with Crippen LogP contribution < -0.4 is 0 Å². The summed E-state index contributed by atoms with van der Waals surface area (Å²) < 4.78 is 0. The van der Waals surface area contributed by atoms with Crippen molar-refractivity contribution in [2.45, 2.75) is 6.92 Å². The predicted octanol–water partition coefficient (Wildman–Crippen LogP) is 2.52. The van der Waals surface area contributed by atoms with Crippen LogP contribution in [0.5, 0.6) is 0 Å². The SMILES string of the molecule is Cc1ccc(C2=NC(=C=N)N=C2Cl)cc1. The first-order valence-electron chi connectivity index (χ1n) is 4.40. The van der Waals surface area contributed by atoms with Crippen molar-refractivity contribution in [3.63, 3.8) is 0 Å². The van der Waals surface area contributed by atoms with Gasteiger partial charge in [-0.05, 0) is 6.92 Å². The Kier molecular flexibility index (Phi) is 2.50. The van der Waals surface area contributed by atoms with Gasteiger partial charge in [0.05, 0.1) is 0 Å². The molecule has 0 unspecified atom stereocenters. The van der Waals surface area contributed by atoms with E-state index in [0.29, 0.717) is 10.9 Å². The van der Waals surface area contributed by atoms with Crippen LogP contribution in [0.15, 0.2) is 40.1 Å². The summed E-state index contributed by atoms with van der Waals surface area (Å²) in [6.45, 7) is 2.01. The Morgan fingerprint density at radius 2 is 1.87 bits per heavy atom. The molecule has 1 aliphatic heterocycles. The van der Waals surface area contributed by atoms with Crippen LogP contribution in [0.4, 0.5) is 0 Å². The number of hydrogen-bond acceptors (Lipinski definition) is 3. The van der Waals surface area contributed by atoms with E-state index >= 15 is 0 Å². The molecule has 0 amide bonds. The molecule has 0 aromatic heterocycles. The zero-order valence-corrected chi connectivity index (χ0v) is 8.84. The molecule has 74 valence electrons. The molecule has 1 aromatic rings.